The molecular weight excluding hydrogens is 172 g/mol. The predicted molar refractivity (Wildman–Crippen MR) is 51.7 cm³/mol. The number of rotatable bonds is 2. The smallest absolute Gasteiger partial charge is 0.168 e. The van der Waals surface area contributed by atoms with Crippen LogP contribution in [-0.4, -0.2) is 34.3 Å². The zero-order valence-corrected chi connectivity index (χ0v) is 7.98. The largest absolute Gasteiger partial charge is 0.366 e. The van der Waals surface area contributed by atoms with E-state index in [-0.39, 0.29) is 0 Å². The molecule has 0 aliphatic carbocycles. The van der Waals surface area contributed by atoms with Crippen molar-refractivity contribution in [2.75, 3.05) is 14.1 Å². The zero-order chi connectivity index (χ0) is 8.97. The van der Waals surface area contributed by atoms with Crippen LogP contribution in [0.5, 0.6) is 0 Å². The molecule has 2 N–H and O–H groups in total. The van der Waals surface area contributed by atoms with Gasteiger partial charge >= 0.3 is 0 Å². The second-order valence-electron chi connectivity index (χ2n) is 2.49. The fourth-order valence-electron chi connectivity index (χ4n) is 0.891. The lowest BCUT2D eigenvalue weighted by Gasteiger charge is -2.17. The minimum Gasteiger partial charge on any atom is -0.366 e. The van der Waals surface area contributed by atoms with Crippen molar-refractivity contribution in [3.63, 3.8) is 0 Å². The number of nitrogens with one attached hydrogen (secondary N) is 2. The molecule has 0 atom stereocenters. The average molecular weight is 184 g/mol. The van der Waals surface area contributed by atoms with Gasteiger partial charge in [0.25, 0.3) is 0 Å². The Morgan fingerprint density at radius 1 is 1.83 bits per heavy atom. The maximum atomic E-state index is 5.03. The summed E-state index contributed by atoms with van der Waals surface area (Å²) in [7, 11) is 3.74. The quantitative estimate of drug-likeness (QED) is 0.651. The Balaban J connectivity index is 2.47. The van der Waals surface area contributed by atoms with Gasteiger partial charge in [0.1, 0.15) is 0 Å². The SMILES string of the molecule is CNC(=S)N(C)Cc1ccn[nH]1. The predicted octanol–water partition coefficient (Wildman–Crippen LogP) is 0.346. The Kier molecular flexibility index (Phi) is 3.04. The average Bonchev–Trinajstić information content (AvgIpc) is 2.55. The molecule has 0 aliphatic rings. The summed E-state index contributed by atoms with van der Waals surface area (Å²) < 4.78 is 0. The molecule has 0 fully saturated rings. The third-order valence-corrected chi connectivity index (χ3v) is 2.04. The molecule has 1 rings (SSSR count). The lowest BCUT2D eigenvalue weighted by atomic mass is 10.4. The van der Waals surface area contributed by atoms with Crippen molar-refractivity contribution in [3.05, 3.63) is 18.0 Å². The number of aromatic nitrogens is 2. The van der Waals surface area contributed by atoms with Gasteiger partial charge in [-0.25, -0.2) is 0 Å². The fraction of sp³-hybridized carbons (Fsp3) is 0.429. The second-order valence-corrected chi connectivity index (χ2v) is 2.88. The topological polar surface area (TPSA) is 44.0 Å². The van der Waals surface area contributed by atoms with E-state index in [1.54, 1.807) is 6.20 Å². The highest BCUT2D eigenvalue weighted by atomic mass is 32.1. The van der Waals surface area contributed by atoms with Crippen molar-refractivity contribution in [2.24, 2.45) is 0 Å². The summed E-state index contributed by atoms with van der Waals surface area (Å²) in [6.07, 6.45) is 1.73. The van der Waals surface area contributed by atoms with Crippen molar-refractivity contribution >= 4 is 17.3 Å². The fourth-order valence-corrected chi connectivity index (χ4v) is 0.955. The van der Waals surface area contributed by atoms with Gasteiger partial charge in [-0.05, 0) is 18.3 Å². The van der Waals surface area contributed by atoms with Crippen LogP contribution in [0, 0.1) is 0 Å². The van der Waals surface area contributed by atoms with E-state index in [2.05, 4.69) is 15.5 Å². The Morgan fingerprint density at radius 2 is 2.58 bits per heavy atom. The summed E-state index contributed by atoms with van der Waals surface area (Å²) in [5.41, 5.74) is 1.05. The summed E-state index contributed by atoms with van der Waals surface area (Å²) in [5, 5.41) is 10.3. The molecule has 12 heavy (non-hydrogen) atoms. The van der Waals surface area contributed by atoms with E-state index in [0.717, 1.165) is 17.4 Å². The molecule has 1 aromatic heterocycles. The standard InChI is InChI=1S/C7H12N4S/c1-8-7(12)11(2)5-6-3-4-9-10-6/h3-4H,5H2,1-2H3,(H,8,12)(H,9,10). The molecule has 4 nitrogen and oxygen atoms in total. The van der Waals surface area contributed by atoms with Gasteiger partial charge in [0.15, 0.2) is 5.11 Å². The zero-order valence-electron chi connectivity index (χ0n) is 7.16. The van der Waals surface area contributed by atoms with Gasteiger partial charge in [0.2, 0.25) is 0 Å². The van der Waals surface area contributed by atoms with E-state index in [9.17, 15) is 0 Å². The van der Waals surface area contributed by atoms with Crippen molar-refractivity contribution in [2.45, 2.75) is 6.54 Å². The van der Waals surface area contributed by atoms with Gasteiger partial charge in [-0.15, -0.1) is 0 Å². The third kappa shape index (κ3) is 2.20. The van der Waals surface area contributed by atoms with Gasteiger partial charge in [0, 0.05) is 20.3 Å². The Hall–Kier alpha value is -1.10. The number of aromatic amines is 1. The van der Waals surface area contributed by atoms with Crippen LogP contribution in [0.4, 0.5) is 0 Å². The molecule has 5 heteroatoms. The van der Waals surface area contributed by atoms with Crippen molar-refractivity contribution < 1.29 is 0 Å². The lowest BCUT2D eigenvalue weighted by molar-refractivity contribution is 0.486. The Bertz CT molecular complexity index is 244. The third-order valence-electron chi connectivity index (χ3n) is 1.53. The molecule has 66 valence electrons. The van der Waals surface area contributed by atoms with Crippen molar-refractivity contribution in [1.29, 1.82) is 0 Å². The molecule has 1 heterocycles. The Morgan fingerprint density at radius 3 is 3.08 bits per heavy atom. The minimum absolute atomic E-state index is 0.726. The highest BCUT2D eigenvalue weighted by Gasteiger charge is 2.02. The van der Waals surface area contributed by atoms with Crippen LogP contribution in [0.1, 0.15) is 5.69 Å². The van der Waals surface area contributed by atoms with Crippen LogP contribution >= 0.6 is 12.2 Å². The first-order valence-electron chi connectivity index (χ1n) is 3.65. The molecule has 0 amide bonds. The molecule has 1 aromatic rings. The maximum absolute atomic E-state index is 5.03. The summed E-state index contributed by atoms with van der Waals surface area (Å²) in [6.45, 7) is 0.750. The van der Waals surface area contributed by atoms with Gasteiger partial charge < -0.3 is 10.2 Å². The highest BCUT2D eigenvalue weighted by Crippen LogP contribution is 1.97. The highest BCUT2D eigenvalue weighted by molar-refractivity contribution is 7.80. The van der Waals surface area contributed by atoms with Crippen LogP contribution in [0.15, 0.2) is 12.3 Å². The number of nitrogens with zero attached hydrogens (tertiary/aromatic N) is 2. The monoisotopic (exact) mass is 184 g/mol. The summed E-state index contributed by atoms with van der Waals surface area (Å²) in [4.78, 5) is 1.93. The van der Waals surface area contributed by atoms with Crippen LogP contribution in [-0.2, 0) is 6.54 Å². The first-order chi connectivity index (χ1) is 5.74. The van der Waals surface area contributed by atoms with Crippen LogP contribution in [0.25, 0.3) is 0 Å². The molecule has 0 spiro atoms. The van der Waals surface area contributed by atoms with Crippen molar-refractivity contribution in [1.82, 2.24) is 20.4 Å². The van der Waals surface area contributed by atoms with E-state index in [4.69, 9.17) is 12.2 Å². The van der Waals surface area contributed by atoms with E-state index in [1.165, 1.54) is 0 Å². The van der Waals surface area contributed by atoms with E-state index >= 15 is 0 Å². The molecule has 0 unspecified atom stereocenters. The summed E-state index contributed by atoms with van der Waals surface area (Å²) >= 11 is 5.03. The number of hydrogen-bond acceptors (Lipinski definition) is 2. The normalized spacial score (nSPS) is 9.50. The first kappa shape index (κ1) is 8.99. The summed E-state index contributed by atoms with van der Waals surface area (Å²) in [5.74, 6) is 0. The number of thiocarbonyl (C=S) groups is 1. The molecular formula is C7H12N4S. The van der Waals surface area contributed by atoms with Crippen LogP contribution < -0.4 is 5.32 Å². The molecule has 0 saturated carbocycles. The molecule has 0 aromatic carbocycles. The molecule has 0 bridgehead atoms. The summed E-state index contributed by atoms with van der Waals surface area (Å²) in [6, 6.07) is 1.93. The minimum atomic E-state index is 0.726. The van der Waals surface area contributed by atoms with Crippen LogP contribution in [0.2, 0.25) is 0 Å². The van der Waals surface area contributed by atoms with E-state index in [1.807, 2.05) is 25.1 Å². The van der Waals surface area contributed by atoms with E-state index < -0.39 is 0 Å². The first-order valence-corrected chi connectivity index (χ1v) is 4.06. The second kappa shape index (κ2) is 4.06. The Labute approximate surface area is 77.0 Å². The van der Waals surface area contributed by atoms with Gasteiger partial charge in [-0.1, -0.05) is 0 Å². The number of H-pyrrole nitrogens is 1. The molecule has 0 radical (unpaired) electrons. The van der Waals surface area contributed by atoms with Gasteiger partial charge in [0.05, 0.1) is 12.2 Å². The number of hydrogen-bond donors (Lipinski definition) is 2. The van der Waals surface area contributed by atoms with E-state index in [0.29, 0.717) is 0 Å². The van der Waals surface area contributed by atoms with Gasteiger partial charge in [-0.3, -0.25) is 5.10 Å². The van der Waals surface area contributed by atoms with Crippen LogP contribution in [0.3, 0.4) is 0 Å². The lowest BCUT2D eigenvalue weighted by Crippen LogP contribution is -2.34. The van der Waals surface area contributed by atoms with Crippen molar-refractivity contribution in [3.8, 4) is 0 Å². The van der Waals surface area contributed by atoms with Gasteiger partial charge in [-0.2, -0.15) is 5.10 Å². The molecule has 0 saturated heterocycles. The maximum Gasteiger partial charge on any atom is 0.168 e. The molecule has 0 aliphatic heterocycles.